The summed E-state index contributed by atoms with van der Waals surface area (Å²) in [7, 11) is -0.284. The van der Waals surface area contributed by atoms with Crippen LogP contribution in [0.1, 0.15) is 6.23 Å². The van der Waals surface area contributed by atoms with Crippen LogP contribution in [0, 0.1) is 0 Å². The second-order valence-electron chi connectivity index (χ2n) is 5.08. The molecule has 15 heteroatoms. The number of rotatable bonds is 6. The Labute approximate surface area is 146 Å². The molecule has 1 aliphatic heterocycles. The molecular formula is C10H16N5O7P3. The molecule has 0 bridgehead atoms. The Balaban J connectivity index is 1.80. The van der Waals surface area contributed by atoms with Gasteiger partial charge in [-0.1, -0.05) is 0 Å². The molecule has 0 aliphatic carbocycles. The second-order valence-corrected chi connectivity index (χ2v) is 7.92. The van der Waals surface area contributed by atoms with Crippen molar-refractivity contribution in [1.82, 2.24) is 19.5 Å². The molecule has 2 aromatic heterocycles. The van der Waals surface area contributed by atoms with Gasteiger partial charge in [-0.3, -0.25) is 17.7 Å². The fourth-order valence-corrected chi connectivity index (χ4v) is 3.87. The van der Waals surface area contributed by atoms with Crippen molar-refractivity contribution < 1.29 is 32.7 Å². The molecule has 0 saturated carbocycles. The zero-order valence-corrected chi connectivity index (χ0v) is 15.8. The molecule has 12 nitrogen and oxygen atoms in total. The first-order valence-electron chi connectivity index (χ1n) is 6.86. The summed E-state index contributed by atoms with van der Waals surface area (Å²) in [5.41, 5.74) is 6.39. The van der Waals surface area contributed by atoms with Crippen molar-refractivity contribution in [3.8, 4) is 0 Å². The number of aromatic nitrogens is 4. The van der Waals surface area contributed by atoms with Crippen molar-refractivity contribution in [3.63, 3.8) is 0 Å². The monoisotopic (exact) mass is 411 g/mol. The molecular weight excluding hydrogens is 395 g/mol. The van der Waals surface area contributed by atoms with Crippen molar-refractivity contribution in [2.75, 3.05) is 12.3 Å². The lowest BCUT2D eigenvalue weighted by Crippen LogP contribution is -2.33. The zero-order valence-electron chi connectivity index (χ0n) is 12.6. The predicted octanol–water partition coefficient (Wildman–Crippen LogP) is -0.234. The highest BCUT2D eigenvalue weighted by atomic mass is 31.2. The van der Waals surface area contributed by atoms with Gasteiger partial charge >= 0.3 is 7.82 Å². The van der Waals surface area contributed by atoms with Crippen LogP contribution < -0.4 is 5.73 Å². The SMILES string of the molecule is Nc1ncnc2c1ncn2[C@@H]1O[C@H](COP(=O)(OP)OP)[C@@H](O)[C@H]1O. The molecule has 4 N–H and O–H groups in total. The van der Waals surface area contributed by atoms with E-state index in [4.69, 9.17) is 15.0 Å². The highest BCUT2D eigenvalue weighted by Crippen LogP contribution is 2.53. The normalized spacial score (nSPS) is 27.2. The number of nitrogens with zero attached hydrogens (tertiary/aromatic N) is 4. The Morgan fingerprint density at radius 3 is 2.68 bits per heavy atom. The molecule has 138 valence electrons. The molecule has 3 heterocycles. The van der Waals surface area contributed by atoms with Gasteiger partial charge in [0, 0.05) is 18.9 Å². The Morgan fingerprint density at radius 2 is 2.00 bits per heavy atom. The highest BCUT2D eigenvalue weighted by Gasteiger charge is 2.45. The predicted molar refractivity (Wildman–Crippen MR) is 90.8 cm³/mol. The van der Waals surface area contributed by atoms with Crippen LogP contribution in [-0.2, 0) is 22.4 Å². The number of nitrogens with two attached hydrogens (primary N) is 1. The minimum Gasteiger partial charge on any atom is -0.387 e. The molecule has 1 fully saturated rings. The first kappa shape index (κ1) is 19.0. The second kappa shape index (κ2) is 7.44. The van der Waals surface area contributed by atoms with Gasteiger partial charge in [0.15, 0.2) is 17.7 Å². The zero-order chi connectivity index (χ0) is 18.2. The maximum atomic E-state index is 11.9. The van der Waals surface area contributed by atoms with E-state index in [0.29, 0.717) is 11.2 Å². The van der Waals surface area contributed by atoms with E-state index in [1.807, 2.05) is 0 Å². The number of aliphatic hydroxyl groups is 2. The van der Waals surface area contributed by atoms with Gasteiger partial charge < -0.3 is 20.7 Å². The third-order valence-electron chi connectivity index (χ3n) is 3.65. The summed E-state index contributed by atoms with van der Waals surface area (Å²) in [6, 6.07) is 0. The molecule has 0 radical (unpaired) electrons. The minimum atomic E-state index is -3.81. The van der Waals surface area contributed by atoms with Crippen molar-refractivity contribution >= 4 is 43.7 Å². The number of phosphoric acid groups is 1. The van der Waals surface area contributed by atoms with E-state index in [1.165, 1.54) is 17.2 Å². The van der Waals surface area contributed by atoms with Crippen LogP contribution in [0.15, 0.2) is 12.7 Å². The molecule has 2 aromatic rings. The lowest BCUT2D eigenvalue weighted by Gasteiger charge is -2.18. The third-order valence-corrected chi connectivity index (χ3v) is 6.18. The smallest absolute Gasteiger partial charge is 0.387 e. The maximum Gasteiger partial charge on any atom is 0.480 e. The van der Waals surface area contributed by atoms with E-state index in [0.717, 1.165) is 0 Å². The molecule has 6 atom stereocenters. The van der Waals surface area contributed by atoms with Gasteiger partial charge in [-0.2, -0.15) is 0 Å². The summed E-state index contributed by atoms with van der Waals surface area (Å²) in [6.45, 7) is -0.349. The summed E-state index contributed by atoms with van der Waals surface area (Å²) in [4.78, 5) is 12.0. The number of imidazole rings is 1. The molecule has 0 amide bonds. The minimum absolute atomic E-state index is 0.174. The van der Waals surface area contributed by atoms with E-state index in [9.17, 15) is 14.8 Å². The molecule has 3 rings (SSSR count). The summed E-state index contributed by atoms with van der Waals surface area (Å²) in [5, 5.41) is 20.4. The Hall–Kier alpha value is -0.800. The molecule has 0 aromatic carbocycles. The summed E-state index contributed by atoms with van der Waals surface area (Å²) in [5.74, 6) is 0.174. The van der Waals surface area contributed by atoms with Gasteiger partial charge in [-0.05, 0) is 0 Å². The first-order valence-corrected chi connectivity index (χ1v) is 9.26. The fourth-order valence-electron chi connectivity index (χ4n) is 2.40. The average molecular weight is 411 g/mol. The summed E-state index contributed by atoms with van der Waals surface area (Å²) < 4.78 is 33.0. The van der Waals surface area contributed by atoms with E-state index in [2.05, 4.69) is 23.6 Å². The Kier molecular flexibility index (Phi) is 5.65. The lowest BCUT2D eigenvalue weighted by molar-refractivity contribution is -0.0495. The van der Waals surface area contributed by atoms with Gasteiger partial charge in [0.2, 0.25) is 0 Å². The molecule has 1 saturated heterocycles. The number of anilines is 1. The Morgan fingerprint density at radius 1 is 1.28 bits per heavy atom. The average Bonchev–Trinajstić information content (AvgIpc) is 3.16. The van der Waals surface area contributed by atoms with Gasteiger partial charge in [0.25, 0.3) is 0 Å². The van der Waals surface area contributed by atoms with Gasteiger partial charge in [-0.15, -0.1) is 0 Å². The summed E-state index contributed by atoms with van der Waals surface area (Å²) in [6.07, 6.45) is -2.01. The van der Waals surface area contributed by atoms with E-state index < -0.39 is 32.4 Å². The number of aliphatic hydroxyl groups excluding tert-OH is 2. The first-order chi connectivity index (χ1) is 11.9. The van der Waals surface area contributed by atoms with E-state index >= 15 is 0 Å². The van der Waals surface area contributed by atoms with Crippen molar-refractivity contribution in [3.05, 3.63) is 12.7 Å². The number of fused-ring (bicyclic) bond motifs is 1. The van der Waals surface area contributed by atoms with Gasteiger partial charge in [0.1, 0.15) is 30.2 Å². The third kappa shape index (κ3) is 3.55. The number of hydrogen-bond donors (Lipinski definition) is 3. The van der Waals surface area contributed by atoms with Crippen LogP contribution in [0.2, 0.25) is 0 Å². The number of nitrogen functional groups attached to an aromatic ring is 1. The number of ether oxygens (including phenoxy) is 1. The van der Waals surface area contributed by atoms with Crippen molar-refractivity contribution in [2.24, 2.45) is 0 Å². The van der Waals surface area contributed by atoms with Crippen LogP contribution in [0.3, 0.4) is 0 Å². The van der Waals surface area contributed by atoms with Crippen LogP contribution in [0.4, 0.5) is 5.82 Å². The topological polar surface area (TPSA) is 164 Å². The maximum absolute atomic E-state index is 11.9. The van der Waals surface area contributed by atoms with Crippen molar-refractivity contribution in [1.29, 1.82) is 0 Å². The van der Waals surface area contributed by atoms with E-state index in [-0.39, 0.29) is 12.4 Å². The van der Waals surface area contributed by atoms with Crippen LogP contribution in [0.5, 0.6) is 0 Å². The van der Waals surface area contributed by atoms with Crippen LogP contribution in [-0.4, -0.2) is 54.7 Å². The van der Waals surface area contributed by atoms with Crippen LogP contribution in [0.25, 0.3) is 11.2 Å². The van der Waals surface area contributed by atoms with Gasteiger partial charge in [-0.25, -0.2) is 19.5 Å². The Bertz CT molecular complexity index is 798. The standard InChI is InChI=1S/C10H16N5O7P3/c11-8-5-9(13-2-12-8)15(3-14-5)10-7(17)6(16)4(20-10)1-19-25(18,21-23)22-24/h2-4,6-7,10,16-17H,1,23-24H2,(H2,11,12,13)/t4-,6-,7-,10-/m1/s1. The van der Waals surface area contributed by atoms with E-state index in [1.54, 1.807) is 18.9 Å². The lowest BCUT2D eigenvalue weighted by atomic mass is 10.1. The van der Waals surface area contributed by atoms with Gasteiger partial charge in [0.05, 0.1) is 12.9 Å². The largest absolute Gasteiger partial charge is 0.480 e. The number of hydrogen-bond acceptors (Lipinski definition) is 11. The van der Waals surface area contributed by atoms with Crippen molar-refractivity contribution in [2.45, 2.75) is 24.5 Å². The molecule has 25 heavy (non-hydrogen) atoms. The quantitative estimate of drug-likeness (QED) is 0.538. The molecule has 0 spiro atoms. The fraction of sp³-hybridized carbons (Fsp3) is 0.500. The summed E-state index contributed by atoms with van der Waals surface area (Å²) >= 11 is 0. The van der Waals surface area contributed by atoms with Crippen LogP contribution >= 0.6 is 26.8 Å². The molecule has 2 unspecified atom stereocenters. The highest BCUT2D eigenvalue weighted by molar-refractivity contribution is 7.56. The molecule has 1 aliphatic rings.